The van der Waals surface area contributed by atoms with Crippen LogP contribution in [0, 0.1) is 6.92 Å². The number of thiazole rings is 1. The van der Waals surface area contributed by atoms with Gasteiger partial charge in [0.05, 0.1) is 12.3 Å². The summed E-state index contributed by atoms with van der Waals surface area (Å²) >= 11 is 1.28. The van der Waals surface area contributed by atoms with Crippen LogP contribution in [0.2, 0.25) is 0 Å². The lowest BCUT2D eigenvalue weighted by Crippen LogP contribution is -2.25. The standard InChI is InChI=1S/C31H32N4O3S/c1-3-16-38-25-11-7-10-22(17-25)27-28(30(37)32-19-21-8-5-4-6-9-21)39-31(35-27)34-26-18-23(13-12-20(26)2)29(36)33-24-14-15-24/h4-13,17-18,24H,3,14-16,19H2,1-2H3,(H,32,37)(H,33,36)(H,34,35). The maximum absolute atomic E-state index is 13.4. The zero-order valence-corrected chi connectivity index (χ0v) is 22.9. The number of ether oxygens (including phenoxy) is 1. The number of nitrogens with zero attached hydrogens (tertiary/aromatic N) is 1. The molecule has 1 fully saturated rings. The van der Waals surface area contributed by atoms with Crippen molar-refractivity contribution in [2.24, 2.45) is 0 Å². The molecule has 7 nitrogen and oxygen atoms in total. The number of aryl methyl sites for hydroxylation is 1. The summed E-state index contributed by atoms with van der Waals surface area (Å²) in [6.45, 7) is 5.06. The molecule has 2 amide bonds. The third-order valence-electron chi connectivity index (χ3n) is 6.36. The van der Waals surface area contributed by atoms with Crippen molar-refractivity contribution in [1.29, 1.82) is 0 Å². The van der Waals surface area contributed by atoms with E-state index < -0.39 is 0 Å². The van der Waals surface area contributed by atoms with E-state index in [1.54, 1.807) is 0 Å². The molecule has 0 unspecified atom stereocenters. The molecule has 1 aliphatic carbocycles. The summed E-state index contributed by atoms with van der Waals surface area (Å²) in [5.41, 5.74) is 4.73. The molecule has 200 valence electrons. The number of anilines is 2. The second-order valence-electron chi connectivity index (χ2n) is 9.64. The van der Waals surface area contributed by atoms with E-state index in [0.717, 1.165) is 47.4 Å². The van der Waals surface area contributed by atoms with Gasteiger partial charge in [0.25, 0.3) is 11.8 Å². The molecule has 3 N–H and O–H groups in total. The minimum absolute atomic E-state index is 0.0785. The lowest BCUT2D eigenvalue weighted by molar-refractivity contribution is 0.0944. The van der Waals surface area contributed by atoms with Crippen molar-refractivity contribution in [3.8, 4) is 17.0 Å². The minimum atomic E-state index is -0.200. The fraction of sp³-hybridized carbons (Fsp3) is 0.258. The van der Waals surface area contributed by atoms with Gasteiger partial charge in [-0.2, -0.15) is 0 Å². The fourth-order valence-electron chi connectivity index (χ4n) is 4.04. The molecule has 5 rings (SSSR count). The first-order valence-corrected chi connectivity index (χ1v) is 14.1. The second-order valence-corrected chi connectivity index (χ2v) is 10.6. The summed E-state index contributed by atoms with van der Waals surface area (Å²) in [7, 11) is 0. The molecule has 8 heteroatoms. The van der Waals surface area contributed by atoms with Crippen molar-refractivity contribution in [2.45, 2.75) is 45.7 Å². The van der Waals surface area contributed by atoms with Crippen LogP contribution >= 0.6 is 11.3 Å². The van der Waals surface area contributed by atoms with Crippen LogP contribution in [0.3, 0.4) is 0 Å². The molecule has 0 spiro atoms. The van der Waals surface area contributed by atoms with Crippen molar-refractivity contribution < 1.29 is 14.3 Å². The van der Waals surface area contributed by atoms with Crippen LogP contribution in [0.5, 0.6) is 5.75 Å². The van der Waals surface area contributed by atoms with Crippen LogP contribution < -0.4 is 20.7 Å². The number of carbonyl (C=O) groups excluding carboxylic acids is 2. The average Bonchev–Trinajstić information content (AvgIpc) is 3.67. The molecule has 4 aromatic rings. The number of rotatable bonds is 11. The lowest BCUT2D eigenvalue weighted by Gasteiger charge is -2.10. The molecule has 1 aliphatic rings. The second kappa shape index (κ2) is 12.1. The highest BCUT2D eigenvalue weighted by molar-refractivity contribution is 7.18. The number of benzene rings is 3. The first-order chi connectivity index (χ1) is 19.0. The van der Waals surface area contributed by atoms with Crippen LogP contribution in [0.25, 0.3) is 11.3 Å². The predicted molar refractivity (Wildman–Crippen MR) is 156 cm³/mol. The zero-order valence-electron chi connectivity index (χ0n) is 22.1. The summed E-state index contributed by atoms with van der Waals surface area (Å²) in [5, 5.41) is 9.99. The number of hydrogen-bond donors (Lipinski definition) is 3. The Balaban J connectivity index is 1.44. The summed E-state index contributed by atoms with van der Waals surface area (Å²) in [4.78, 5) is 31.4. The van der Waals surface area contributed by atoms with Gasteiger partial charge in [0.2, 0.25) is 0 Å². The fourth-order valence-corrected chi connectivity index (χ4v) is 4.96. The van der Waals surface area contributed by atoms with E-state index in [9.17, 15) is 9.59 Å². The van der Waals surface area contributed by atoms with Crippen molar-refractivity contribution in [1.82, 2.24) is 15.6 Å². The van der Waals surface area contributed by atoms with Crippen molar-refractivity contribution in [3.63, 3.8) is 0 Å². The number of amides is 2. The average molecular weight is 541 g/mol. The lowest BCUT2D eigenvalue weighted by atomic mass is 10.1. The van der Waals surface area contributed by atoms with Gasteiger partial charge in [0.15, 0.2) is 5.13 Å². The molecule has 0 atom stereocenters. The number of carbonyl (C=O) groups is 2. The Morgan fingerprint density at radius 3 is 2.59 bits per heavy atom. The molecule has 3 aromatic carbocycles. The molecule has 0 radical (unpaired) electrons. The van der Waals surface area contributed by atoms with E-state index in [1.807, 2.05) is 79.7 Å². The molecule has 39 heavy (non-hydrogen) atoms. The topological polar surface area (TPSA) is 92.3 Å². The maximum atomic E-state index is 13.4. The molecule has 0 saturated heterocycles. The summed E-state index contributed by atoms with van der Waals surface area (Å²) < 4.78 is 5.83. The quantitative estimate of drug-likeness (QED) is 0.203. The number of hydrogen-bond acceptors (Lipinski definition) is 6. The molecule has 1 heterocycles. The van der Waals surface area contributed by atoms with Crippen LogP contribution in [-0.2, 0) is 6.54 Å². The molecular formula is C31H32N4O3S. The summed E-state index contributed by atoms with van der Waals surface area (Å²) in [6, 6.07) is 23.3. The van der Waals surface area contributed by atoms with Gasteiger partial charge < -0.3 is 20.7 Å². The van der Waals surface area contributed by atoms with E-state index in [2.05, 4.69) is 22.9 Å². The Hall–Kier alpha value is -4.17. The van der Waals surface area contributed by atoms with E-state index in [0.29, 0.717) is 34.4 Å². The number of aromatic nitrogens is 1. The Bertz CT molecular complexity index is 1460. The minimum Gasteiger partial charge on any atom is -0.494 e. The Kier molecular flexibility index (Phi) is 8.22. The molecule has 0 bridgehead atoms. The van der Waals surface area contributed by atoms with Gasteiger partial charge in [-0.25, -0.2) is 4.98 Å². The van der Waals surface area contributed by atoms with Crippen molar-refractivity contribution in [2.75, 3.05) is 11.9 Å². The number of nitrogens with one attached hydrogen (secondary N) is 3. The van der Waals surface area contributed by atoms with Gasteiger partial charge in [-0.05, 0) is 61.6 Å². The Labute approximate surface area is 232 Å². The molecule has 1 saturated carbocycles. The van der Waals surface area contributed by atoms with Crippen molar-refractivity contribution >= 4 is 34.0 Å². The highest BCUT2D eigenvalue weighted by Gasteiger charge is 2.24. The van der Waals surface area contributed by atoms with Gasteiger partial charge in [-0.3, -0.25) is 9.59 Å². The van der Waals surface area contributed by atoms with E-state index in [-0.39, 0.29) is 17.9 Å². The normalized spacial score (nSPS) is 12.6. The third kappa shape index (κ3) is 6.83. The first-order valence-electron chi connectivity index (χ1n) is 13.2. The monoisotopic (exact) mass is 540 g/mol. The molecule has 1 aromatic heterocycles. The van der Waals surface area contributed by atoms with Gasteiger partial charge >= 0.3 is 0 Å². The van der Waals surface area contributed by atoms with Crippen LogP contribution in [0.15, 0.2) is 72.8 Å². The van der Waals surface area contributed by atoms with Crippen LogP contribution in [0.1, 0.15) is 57.3 Å². The first kappa shape index (κ1) is 26.4. The summed E-state index contributed by atoms with van der Waals surface area (Å²) in [6.07, 6.45) is 2.97. The van der Waals surface area contributed by atoms with Crippen LogP contribution in [-0.4, -0.2) is 29.4 Å². The predicted octanol–water partition coefficient (Wildman–Crippen LogP) is 6.47. The van der Waals surface area contributed by atoms with Crippen molar-refractivity contribution in [3.05, 3.63) is 94.4 Å². The molecular weight excluding hydrogens is 508 g/mol. The molecule has 0 aliphatic heterocycles. The SMILES string of the molecule is CCCOc1cccc(-c2nc(Nc3cc(C(=O)NC4CC4)ccc3C)sc2C(=O)NCc2ccccc2)c1. The Morgan fingerprint density at radius 2 is 1.82 bits per heavy atom. The van der Waals surface area contributed by atoms with E-state index in [4.69, 9.17) is 9.72 Å². The largest absolute Gasteiger partial charge is 0.494 e. The van der Waals surface area contributed by atoms with E-state index >= 15 is 0 Å². The van der Waals surface area contributed by atoms with E-state index in [1.165, 1.54) is 11.3 Å². The van der Waals surface area contributed by atoms with Crippen LogP contribution in [0.4, 0.5) is 10.8 Å². The maximum Gasteiger partial charge on any atom is 0.264 e. The highest BCUT2D eigenvalue weighted by Crippen LogP contribution is 2.35. The smallest absolute Gasteiger partial charge is 0.264 e. The summed E-state index contributed by atoms with van der Waals surface area (Å²) in [5.74, 6) is 0.455. The highest BCUT2D eigenvalue weighted by atomic mass is 32.1. The van der Waals surface area contributed by atoms with Gasteiger partial charge in [0.1, 0.15) is 10.6 Å². The third-order valence-corrected chi connectivity index (χ3v) is 7.33. The van der Waals surface area contributed by atoms with Gasteiger partial charge in [-0.1, -0.05) is 66.8 Å². The van der Waals surface area contributed by atoms with Gasteiger partial charge in [-0.15, -0.1) is 0 Å². The van der Waals surface area contributed by atoms with Gasteiger partial charge in [0, 0.05) is 29.4 Å². The zero-order chi connectivity index (χ0) is 27.2. The Morgan fingerprint density at radius 1 is 1.00 bits per heavy atom.